The van der Waals surface area contributed by atoms with E-state index in [-0.39, 0.29) is 29.4 Å². The summed E-state index contributed by atoms with van der Waals surface area (Å²) in [6.45, 7) is -0.633. The zero-order valence-corrected chi connectivity index (χ0v) is 18.7. The molecule has 1 aliphatic heterocycles. The minimum atomic E-state index is -5.62. The first-order chi connectivity index (χ1) is 14.7. The number of nitrogen functional groups attached to an aromatic ring is 2. The van der Waals surface area contributed by atoms with Gasteiger partial charge in [0, 0.05) is 13.5 Å². The van der Waals surface area contributed by atoms with E-state index in [9.17, 15) is 23.5 Å². The summed E-state index contributed by atoms with van der Waals surface area (Å²) in [6, 6.07) is 0. The van der Waals surface area contributed by atoms with Gasteiger partial charge in [-0.05, 0) is 0 Å². The molecule has 0 saturated carbocycles. The van der Waals surface area contributed by atoms with Crippen molar-refractivity contribution >= 4 is 46.4 Å². The standard InChI is InChI=1S/C11H19N6O12P3/c1-25-6-2-5(3-26-31(21,22)29-32(23,24)28-30(18,19)20)27-10(6)17-4-14-7-8(12)15-11(13)16-9(7)17/h4-6,10H,2-3H2,1H3,(H,21,22)(H,23,24)(H2,18,19,20)(H4,12,13,15,16). The van der Waals surface area contributed by atoms with Crippen LogP contribution in [0.5, 0.6) is 0 Å². The highest BCUT2D eigenvalue weighted by molar-refractivity contribution is 7.66. The van der Waals surface area contributed by atoms with Crippen LogP contribution in [0.25, 0.3) is 11.2 Å². The summed E-state index contributed by atoms with van der Waals surface area (Å²) in [4.78, 5) is 47.8. The van der Waals surface area contributed by atoms with Gasteiger partial charge in [0.2, 0.25) is 5.95 Å². The van der Waals surface area contributed by atoms with Crippen LogP contribution in [0.2, 0.25) is 0 Å². The number of hydrogen-bond donors (Lipinski definition) is 6. The predicted molar refractivity (Wildman–Crippen MR) is 103 cm³/mol. The van der Waals surface area contributed by atoms with Crippen LogP contribution >= 0.6 is 23.5 Å². The number of ether oxygens (including phenoxy) is 2. The average Bonchev–Trinajstić information content (AvgIpc) is 3.20. The first-order valence-electron chi connectivity index (χ1n) is 8.42. The average molecular weight is 520 g/mol. The fraction of sp³-hybridized carbons (Fsp3) is 0.545. The van der Waals surface area contributed by atoms with E-state index in [1.54, 1.807) is 0 Å². The van der Waals surface area contributed by atoms with Gasteiger partial charge in [0.15, 0.2) is 17.7 Å². The Morgan fingerprint density at radius 1 is 1.16 bits per heavy atom. The second-order valence-corrected chi connectivity index (χ2v) is 10.8. The van der Waals surface area contributed by atoms with Crippen molar-refractivity contribution in [3.05, 3.63) is 6.33 Å². The lowest BCUT2D eigenvalue weighted by Crippen LogP contribution is -2.21. The smallest absolute Gasteiger partial charge is 0.382 e. The Hall–Kier alpha value is -1.52. The van der Waals surface area contributed by atoms with Crippen LogP contribution in [0.1, 0.15) is 12.6 Å². The highest BCUT2D eigenvalue weighted by atomic mass is 31.3. The molecule has 32 heavy (non-hydrogen) atoms. The van der Waals surface area contributed by atoms with Gasteiger partial charge in [-0.25, -0.2) is 18.7 Å². The highest BCUT2D eigenvalue weighted by Gasteiger charge is 2.43. The molecule has 18 nitrogen and oxygen atoms in total. The van der Waals surface area contributed by atoms with Gasteiger partial charge in [0.1, 0.15) is 11.6 Å². The van der Waals surface area contributed by atoms with Gasteiger partial charge in [-0.15, -0.1) is 0 Å². The van der Waals surface area contributed by atoms with Crippen molar-refractivity contribution in [3.63, 3.8) is 0 Å². The van der Waals surface area contributed by atoms with E-state index >= 15 is 0 Å². The molecule has 3 rings (SSSR count). The summed E-state index contributed by atoms with van der Waals surface area (Å²) in [5.74, 6) is -0.0599. The number of aromatic nitrogens is 4. The molecule has 0 aliphatic carbocycles. The van der Waals surface area contributed by atoms with Gasteiger partial charge in [-0.1, -0.05) is 0 Å². The van der Waals surface area contributed by atoms with Crippen molar-refractivity contribution in [1.29, 1.82) is 0 Å². The summed E-state index contributed by atoms with van der Waals surface area (Å²) >= 11 is 0. The maximum Gasteiger partial charge on any atom is 0.490 e. The van der Waals surface area contributed by atoms with Crippen LogP contribution in [-0.4, -0.2) is 65.0 Å². The summed E-state index contributed by atoms with van der Waals surface area (Å²) < 4.78 is 58.4. The number of imidazole rings is 1. The molecule has 1 aliphatic rings. The number of phosphoric ester groups is 1. The van der Waals surface area contributed by atoms with E-state index < -0.39 is 48.5 Å². The van der Waals surface area contributed by atoms with E-state index in [0.29, 0.717) is 0 Å². The number of phosphoric acid groups is 3. The molecule has 180 valence electrons. The van der Waals surface area contributed by atoms with Crippen molar-refractivity contribution in [2.75, 3.05) is 25.2 Å². The predicted octanol–water partition coefficient (Wildman–Crippen LogP) is -0.364. The third-order valence-electron chi connectivity index (χ3n) is 4.03. The molecular formula is C11H19N6O12P3. The Morgan fingerprint density at radius 2 is 1.84 bits per heavy atom. The Bertz CT molecular complexity index is 1140. The Labute approximate surface area is 178 Å². The molecule has 2 aromatic heterocycles. The molecule has 5 unspecified atom stereocenters. The molecule has 5 atom stereocenters. The van der Waals surface area contributed by atoms with Crippen LogP contribution in [0, 0.1) is 0 Å². The second kappa shape index (κ2) is 9.02. The fourth-order valence-electron chi connectivity index (χ4n) is 2.90. The normalized spacial score (nSPS) is 25.6. The lowest BCUT2D eigenvalue weighted by Gasteiger charge is -2.19. The van der Waals surface area contributed by atoms with Gasteiger partial charge in [0.05, 0.1) is 19.0 Å². The molecule has 0 bridgehead atoms. The van der Waals surface area contributed by atoms with Gasteiger partial charge in [-0.2, -0.15) is 18.6 Å². The third kappa shape index (κ3) is 6.08. The molecule has 21 heteroatoms. The Balaban J connectivity index is 1.70. The lowest BCUT2D eigenvalue weighted by molar-refractivity contribution is -0.0577. The topological polar surface area (TPSA) is 274 Å². The van der Waals surface area contributed by atoms with Crippen LogP contribution in [0.3, 0.4) is 0 Å². The van der Waals surface area contributed by atoms with Crippen molar-refractivity contribution in [2.24, 2.45) is 0 Å². The zero-order valence-electron chi connectivity index (χ0n) is 16.1. The monoisotopic (exact) mass is 520 g/mol. The number of methoxy groups -OCH3 is 1. The molecule has 0 spiro atoms. The largest absolute Gasteiger partial charge is 0.490 e. The second-order valence-electron chi connectivity index (χ2n) is 6.34. The molecule has 0 amide bonds. The van der Waals surface area contributed by atoms with Crippen molar-refractivity contribution in [3.8, 4) is 0 Å². The van der Waals surface area contributed by atoms with Gasteiger partial charge >= 0.3 is 23.5 Å². The first-order valence-corrected chi connectivity index (χ1v) is 12.9. The summed E-state index contributed by atoms with van der Waals surface area (Å²) in [7, 11) is -15.0. The Kier molecular flexibility index (Phi) is 7.08. The molecular weight excluding hydrogens is 501 g/mol. The third-order valence-corrected chi connectivity index (χ3v) is 7.83. The van der Waals surface area contributed by atoms with Crippen LogP contribution in [0.4, 0.5) is 11.8 Å². The van der Waals surface area contributed by atoms with Gasteiger partial charge < -0.3 is 40.5 Å². The minimum absolute atomic E-state index is 0.0439. The number of fused-ring (bicyclic) bond motifs is 1. The molecule has 3 heterocycles. The van der Waals surface area contributed by atoms with Crippen LogP contribution in [0.15, 0.2) is 6.33 Å². The molecule has 2 aromatic rings. The zero-order chi connectivity index (χ0) is 23.9. The number of hydrogen-bond acceptors (Lipinski definition) is 13. The van der Waals surface area contributed by atoms with Crippen molar-refractivity contribution in [1.82, 2.24) is 19.5 Å². The van der Waals surface area contributed by atoms with E-state index in [2.05, 4.69) is 28.1 Å². The quantitative estimate of drug-likeness (QED) is 0.230. The number of rotatable bonds is 9. The van der Waals surface area contributed by atoms with Crippen LogP contribution < -0.4 is 11.5 Å². The summed E-state index contributed by atoms with van der Waals surface area (Å²) in [5.41, 5.74) is 11.9. The van der Waals surface area contributed by atoms with E-state index in [4.69, 9.17) is 30.7 Å². The summed E-state index contributed by atoms with van der Waals surface area (Å²) in [5, 5.41) is 0. The summed E-state index contributed by atoms with van der Waals surface area (Å²) in [6.07, 6.45) is -0.847. The van der Waals surface area contributed by atoms with Crippen molar-refractivity contribution < 1.29 is 55.9 Å². The van der Waals surface area contributed by atoms with E-state index in [1.807, 2.05) is 0 Å². The van der Waals surface area contributed by atoms with Crippen LogP contribution in [-0.2, 0) is 36.3 Å². The first kappa shape index (κ1) is 25.1. The lowest BCUT2D eigenvalue weighted by atomic mass is 10.2. The highest BCUT2D eigenvalue weighted by Crippen LogP contribution is 2.66. The SMILES string of the molecule is COC1CC(COP(=O)(O)OP(=O)(O)OP(=O)(O)O)OC1n1cnc2c(N)nc(N)nc21. The maximum absolute atomic E-state index is 11.9. The number of nitrogens with two attached hydrogens (primary N) is 2. The fourth-order valence-corrected chi connectivity index (χ4v) is 5.95. The molecule has 1 fully saturated rings. The molecule has 8 N–H and O–H groups in total. The Morgan fingerprint density at radius 3 is 2.47 bits per heavy atom. The van der Waals surface area contributed by atoms with E-state index in [0.717, 1.165) is 0 Å². The minimum Gasteiger partial charge on any atom is -0.382 e. The number of nitrogens with zero attached hydrogens (tertiary/aromatic N) is 4. The van der Waals surface area contributed by atoms with E-state index in [1.165, 1.54) is 18.0 Å². The van der Waals surface area contributed by atoms with Crippen molar-refractivity contribution in [2.45, 2.75) is 24.9 Å². The van der Waals surface area contributed by atoms with Gasteiger partial charge in [0.25, 0.3) is 0 Å². The molecule has 1 saturated heterocycles. The van der Waals surface area contributed by atoms with Gasteiger partial charge in [-0.3, -0.25) is 9.09 Å². The molecule has 0 radical (unpaired) electrons. The maximum atomic E-state index is 11.9. The molecule has 0 aromatic carbocycles. The number of anilines is 2.